The fourth-order valence-corrected chi connectivity index (χ4v) is 0. The van der Waals surface area contributed by atoms with E-state index in [-0.39, 0.29) is 43.6 Å². The first-order chi connectivity index (χ1) is 0. The minimum atomic E-state index is 0. The van der Waals surface area contributed by atoms with Gasteiger partial charge in [-0.25, -0.2) is 0 Å². The van der Waals surface area contributed by atoms with Crippen LogP contribution in [-0.2, 0) is 37.5 Å². The third-order valence-electron chi connectivity index (χ3n) is 0. The molecule has 0 aliphatic rings. The number of hydrogen-bond donors (Lipinski definition) is 1. The molecular weight excluding hydrogens is 158 g/mol. The molecule has 5 heteroatoms. The SMILES string of the molecule is N.[Mo+6].[O-2].[O-2].[O-2]. The second-order valence-electron chi connectivity index (χ2n) is 0. The molecule has 0 aromatic carbocycles. The van der Waals surface area contributed by atoms with Crippen LogP contribution < -0.4 is 6.15 Å². The van der Waals surface area contributed by atoms with Crippen molar-refractivity contribution in [2.75, 3.05) is 0 Å². The second-order valence-corrected chi connectivity index (χ2v) is 0. The molecule has 0 spiro atoms. The second kappa shape index (κ2) is 202. The molecule has 0 rings (SSSR count). The van der Waals surface area contributed by atoms with Gasteiger partial charge >= 0.3 is 21.1 Å². The van der Waals surface area contributed by atoms with Crippen LogP contribution in [0.2, 0.25) is 0 Å². The Labute approximate surface area is 44.3 Å². The molecule has 0 bridgehead atoms. The summed E-state index contributed by atoms with van der Waals surface area (Å²) in [6.45, 7) is 0. The average Bonchev–Trinajstić information content (AvgIpc) is 0. The molecule has 0 saturated carbocycles. The summed E-state index contributed by atoms with van der Waals surface area (Å²) in [5.41, 5.74) is 0. The largest absolute Gasteiger partial charge is 6.00 e. The van der Waals surface area contributed by atoms with Crippen LogP contribution in [-0.4, -0.2) is 0 Å². The molecule has 0 saturated heterocycles. The quantitative estimate of drug-likeness (QED) is 0.486. The first kappa shape index (κ1) is 406. The normalized spacial score (nSPS) is 0. The van der Waals surface area contributed by atoms with Gasteiger partial charge in [-0.3, -0.25) is 0 Å². The van der Waals surface area contributed by atoms with Crippen molar-refractivity contribution in [3.8, 4) is 0 Å². The predicted octanol–water partition coefficient (Wildman–Crippen LogP) is -0.197. The van der Waals surface area contributed by atoms with Gasteiger partial charge in [-0.2, -0.15) is 0 Å². The van der Waals surface area contributed by atoms with Gasteiger partial charge in [0.15, 0.2) is 0 Å². The molecule has 0 unspecified atom stereocenters. The van der Waals surface area contributed by atoms with Crippen LogP contribution in [0.15, 0.2) is 0 Å². The van der Waals surface area contributed by atoms with Crippen LogP contribution in [0.5, 0.6) is 0 Å². The maximum Gasteiger partial charge on any atom is 6.00 e. The summed E-state index contributed by atoms with van der Waals surface area (Å²) in [6, 6.07) is 0. The summed E-state index contributed by atoms with van der Waals surface area (Å²) in [6.07, 6.45) is 0. The predicted molar refractivity (Wildman–Crippen MR) is 7.08 cm³/mol. The monoisotopic (exact) mass is 163 g/mol. The van der Waals surface area contributed by atoms with Gasteiger partial charge in [0.05, 0.1) is 0 Å². The van der Waals surface area contributed by atoms with Crippen molar-refractivity contribution in [2.24, 2.45) is 0 Å². The molecule has 0 aromatic rings. The summed E-state index contributed by atoms with van der Waals surface area (Å²) in [4.78, 5) is 0. The van der Waals surface area contributed by atoms with Gasteiger partial charge < -0.3 is 22.6 Å². The zero-order valence-electron chi connectivity index (χ0n) is 2.34. The topological polar surface area (TPSA) is 120 Å². The first-order valence-electron chi connectivity index (χ1n) is 0. The smallest absolute Gasteiger partial charge is 2.00 e. The summed E-state index contributed by atoms with van der Waals surface area (Å²) in [5, 5.41) is 0. The van der Waals surface area contributed by atoms with Gasteiger partial charge in [0.25, 0.3) is 0 Å². The minimum absolute atomic E-state index is 0. The molecule has 5 heavy (non-hydrogen) atoms. The van der Waals surface area contributed by atoms with Crippen LogP contribution in [0, 0.1) is 0 Å². The molecule has 0 fully saturated rings. The van der Waals surface area contributed by atoms with Crippen LogP contribution in [0.1, 0.15) is 0 Å². The van der Waals surface area contributed by atoms with Crippen molar-refractivity contribution < 1.29 is 37.5 Å². The summed E-state index contributed by atoms with van der Waals surface area (Å²) in [7, 11) is 0. The fraction of sp³-hybridized carbons (Fsp3) is 0. The van der Waals surface area contributed by atoms with Crippen LogP contribution >= 0.6 is 0 Å². The Morgan fingerprint density at radius 2 is 0.600 bits per heavy atom. The summed E-state index contributed by atoms with van der Waals surface area (Å²) >= 11 is 0. The Balaban J connectivity index is 0. The van der Waals surface area contributed by atoms with Crippen molar-refractivity contribution in [3.63, 3.8) is 0 Å². The molecule has 4 nitrogen and oxygen atoms in total. The first-order valence-corrected chi connectivity index (χ1v) is 0. The Morgan fingerprint density at radius 3 is 0.600 bits per heavy atom. The average molecular weight is 161 g/mol. The van der Waals surface area contributed by atoms with E-state index in [9.17, 15) is 0 Å². The Morgan fingerprint density at radius 1 is 0.600 bits per heavy atom. The van der Waals surface area contributed by atoms with Crippen molar-refractivity contribution in [1.82, 2.24) is 6.15 Å². The summed E-state index contributed by atoms with van der Waals surface area (Å²) < 4.78 is 0. The van der Waals surface area contributed by atoms with Crippen molar-refractivity contribution in [1.29, 1.82) is 0 Å². The van der Waals surface area contributed by atoms with E-state index >= 15 is 0 Å². The zero-order chi connectivity index (χ0) is 0. The maximum absolute atomic E-state index is 0. The molecule has 0 radical (unpaired) electrons. The fourth-order valence-electron chi connectivity index (χ4n) is 0. The van der Waals surface area contributed by atoms with Gasteiger partial charge in [-0.1, -0.05) is 0 Å². The zero-order valence-corrected chi connectivity index (χ0v) is 4.35. The van der Waals surface area contributed by atoms with Gasteiger partial charge in [0, 0.05) is 0 Å². The molecular formula is H3MoNO3. The van der Waals surface area contributed by atoms with Crippen molar-refractivity contribution in [2.45, 2.75) is 0 Å². The van der Waals surface area contributed by atoms with Gasteiger partial charge in [0.2, 0.25) is 0 Å². The maximum atomic E-state index is 0. The molecule has 32 valence electrons. The molecule has 0 heterocycles. The number of rotatable bonds is 0. The third kappa shape index (κ3) is 104. The Kier molecular flexibility index (Phi) is 16400. The minimum Gasteiger partial charge on any atom is -2.00 e. The van der Waals surface area contributed by atoms with Gasteiger partial charge in [-0.05, 0) is 0 Å². The Hall–Kier alpha value is 0.528. The van der Waals surface area contributed by atoms with E-state index in [1.165, 1.54) is 0 Å². The van der Waals surface area contributed by atoms with E-state index in [4.69, 9.17) is 0 Å². The van der Waals surface area contributed by atoms with Crippen molar-refractivity contribution >= 4 is 0 Å². The van der Waals surface area contributed by atoms with Crippen LogP contribution in [0.25, 0.3) is 0 Å². The van der Waals surface area contributed by atoms with Gasteiger partial charge in [0.1, 0.15) is 0 Å². The van der Waals surface area contributed by atoms with Crippen molar-refractivity contribution in [3.05, 3.63) is 0 Å². The van der Waals surface area contributed by atoms with Crippen LogP contribution in [0.4, 0.5) is 0 Å². The molecule has 0 atom stereocenters. The third-order valence-corrected chi connectivity index (χ3v) is 0. The molecule has 0 aliphatic carbocycles. The van der Waals surface area contributed by atoms with E-state index < -0.39 is 0 Å². The number of hydrogen-bond acceptors (Lipinski definition) is 1. The molecule has 0 aliphatic heterocycles. The Bertz CT molecular complexity index is 6.85. The van der Waals surface area contributed by atoms with E-state index in [1.807, 2.05) is 0 Å². The molecule has 0 amide bonds. The van der Waals surface area contributed by atoms with E-state index in [0.29, 0.717) is 0 Å². The van der Waals surface area contributed by atoms with Crippen LogP contribution in [0.3, 0.4) is 0 Å². The standard InChI is InChI=1S/Mo.H3N.3O/h;1H3;;;/q+6;;3*-2. The molecule has 3 N–H and O–H groups in total. The van der Waals surface area contributed by atoms with E-state index in [2.05, 4.69) is 0 Å². The van der Waals surface area contributed by atoms with Gasteiger partial charge in [-0.15, -0.1) is 0 Å². The molecule has 0 aromatic heterocycles. The van der Waals surface area contributed by atoms with E-state index in [0.717, 1.165) is 0 Å². The van der Waals surface area contributed by atoms with E-state index in [1.54, 1.807) is 0 Å². The summed E-state index contributed by atoms with van der Waals surface area (Å²) in [5.74, 6) is 0.